The highest BCUT2D eigenvalue weighted by Crippen LogP contribution is 2.25. The molecule has 3 aromatic rings. The molecule has 1 saturated heterocycles. The van der Waals surface area contributed by atoms with E-state index >= 15 is 0 Å². The summed E-state index contributed by atoms with van der Waals surface area (Å²) in [4.78, 5) is 2.47. The molecule has 0 bridgehead atoms. The van der Waals surface area contributed by atoms with E-state index in [4.69, 9.17) is 9.84 Å². The van der Waals surface area contributed by atoms with Gasteiger partial charge < -0.3 is 4.74 Å². The van der Waals surface area contributed by atoms with Crippen LogP contribution >= 0.6 is 0 Å². The fourth-order valence-electron chi connectivity index (χ4n) is 3.22. The van der Waals surface area contributed by atoms with Gasteiger partial charge in [0.25, 0.3) is 0 Å². The lowest BCUT2D eigenvalue weighted by molar-refractivity contribution is 0.173. The lowest BCUT2D eigenvalue weighted by atomic mass is 10.1. The summed E-state index contributed by atoms with van der Waals surface area (Å²) >= 11 is 0. The van der Waals surface area contributed by atoms with Crippen molar-refractivity contribution in [3.8, 4) is 22.8 Å². The summed E-state index contributed by atoms with van der Waals surface area (Å²) < 4.78 is 7.88. The molecule has 0 atom stereocenters. The minimum atomic E-state index is 0.836. The zero-order valence-corrected chi connectivity index (χ0v) is 14.3. The molecule has 2 aromatic carbocycles. The van der Waals surface area contributed by atoms with Gasteiger partial charge in [-0.2, -0.15) is 5.10 Å². The summed E-state index contributed by atoms with van der Waals surface area (Å²) in [5, 5.41) is 4.72. The molecule has 4 heteroatoms. The molecule has 2 heterocycles. The predicted octanol–water partition coefficient (Wildman–Crippen LogP) is 4.79. The van der Waals surface area contributed by atoms with Crippen LogP contribution in [0.15, 0.2) is 66.9 Å². The van der Waals surface area contributed by atoms with Gasteiger partial charge in [0, 0.05) is 11.8 Å². The van der Waals surface area contributed by atoms with Gasteiger partial charge in [0.15, 0.2) is 0 Å². The summed E-state index contributed by atoms with van der Waals surface area (Å²) in [6.45, 7) is 3.25. The van der Waals surface area contributed by atoms with Gasteiger partial charge in [-0.3, -0.25) is 9.58 Å². The first kappa shape index (κ1) is 15.9. The molecule has 0 radical (unpaired) electrons. The van der Waals surface area contributed by atoms with Gasteiger partial charge in [-0.05, 0) is 68.4 Å². The van der Waals surface area contributed by atoms with Crippen molar-refractivity contribution in [2.24, 2.45) is 0 Å². The minimum Gasteiger partial charge on any atom is -0.457 e. The van der Waals surface area contributed by atoms with Crippen molar-refractivity contribution in [1.29, 1.82) is 0 Å². The van der Waals surface area contributed by atoms with Crippen LogP contribution in [-0.4, -0.2) is 27.8 Å². The Hall–Kier alpha value is -2.59. The Morgan fingerprint density at radius 1 is 0.800 bits per heavy atom. The Bertz CT molecular complexity index is 790. The van der Waals surface area contributed by atoms with E-state index in [1.807, 2.05) is 47.1 Å². The standard InChI is InChI=1S/C21H23N3O/c1-3-7-19(8-4-1)25-20-11-9-18(10-12-20)21-13-16-24(22-21)17-23-14-5-2-6-15-23/h1,3-4,7-13,16H,2,5-6,14-15,17H2. The Balaban J connectivity index is 1.41. The van der Waals surface area contributed by atoms with E-state index in [-0.39, 0.29) is 0 Å². The fourth-order valence-corrected chi connectivity index (χ4v) is 3.22. The third kappa shape index (κ3) is 4.09. The maximum absolute atomic E-state index is 5.84. The maximum Gasteiger partial charge on any atom is 0.127 e. The van der Waals surface area contributed by atoms with Crippen LogP contribution in [0.1, 0.15) is 19.3 Å². The van der Waals surface area contributed by atoms with Crippen LogP contribution in [0.25, 0.3) is 11.3 Å². The molecule has 0 spiro atoms. The molecule has 4 nitrogen and oxygen atoms in total. The summed E-state index contributed by atoms with van der Waals surface area (Å²) in [7, 11) is 0. The van der Waals surface area contributed by atoms with Gasteiger partial charge in [0.1, 0.15) is 11.5 Å². The second-order valence-electron chi connectivity index (χ2n) is 6.50. The van der Waals surface area contributed by atoms with Crippen molar-refractivity contribution in [1.82, 2.24) is 14.7 Å². The second-order valence-corrected chi connectivity index (χ2v) is 6.50. The van der Waals surface area contributed by atoms with Gasteiger partial charge in [-0.1, -0.05) is 24.6 Å². The summed E-state index contributed by atoms with van der Waals surface area (Å²) in [5.41, 5.74) is 2.11. The number of benzene rings is 2. The monoisotopic (exact) mass is 333 g/mol. The average molecular weight is 333 g/mol. The highest BCUT2D eigenvalue weighted by Gasteiger charge is 2.11. The number of hydrogen-bond donors (Lipinski definition) is 0. The number of rotatable bonds is 5. The van der Waals surface area contributed by atoms with Crippen LogP contribution in [-0.2, 0) is 6.67 Å². The maximum atomic E-state index is 5.84. The molecule has 0 aliphatic carbocycles. The first-order valence-electron chi connectivity index (χ1n) is 8.96. The molecule has 0 amide bonds. The number of nitrogens with zero attached hydrogens (tertiary/aromatic N) is 3. The van der Waals surface area contributed by atoms with Crippen LogP contribution in [0.4, 0.5) is 0 Å². The largest absolute Gasteiger partial charge is 0.457 e. The topological polar surface area (TPSA) is 30.3 Å². The van der Waals surface area contributed by atoms with E-state index in [0.29, 0.717) is 0 Å². The van der Waals surface area contributed by atoms with Crippen molar-refractivity contribution in [3.63, 3.8) is 0 Å². The molecule has 1 aromatic heterocycles. The number of likely N-dealkylation sites (tertiary alicyclic amines) is 1. The number of piperidine rings is 1. The van der Waals surface area contributed by atoms with E-state index in [1.54, 1.807) is 0 Å². The Labute approximate surface area is 148 Å². The van der Waals surface area contributed by atoms with Crippen molar-refractivity contribution in [2.75, 3.05) is 13.1 Å². The van der Waals surface area contributed by atoms with Crippen LogP contribution in [0, 0.1) is 0 Å². The van der Waals surface area contributed by atoms with Gasteiger partial charge >= 0.3 is 0 Å². The number of hydrogen-bond acceptors (Lipinski definition) is 3. The smallest absolute Gasteiger partial charge is 0.127 e. The van der Waals surface area contributed by atoms with Crippen molar-refractivity contribution >= 4 is 0 Å². The first-order chi connectivity index (χ1) is 12.4. The molecule has 1 aliphatic rings. The van der Waals surface area contributed by atoms with Crippen LogP contribution in [0.3, 0.4) is 0 Å². The van der Waals surface area contributed by atoms with E-state index in [9.17, 15) is 0 Å². The predicted molar refractivity (Wildman–Crippen MR) is 99.6 cm³/mol. The Morgan fingerprint density at radius 3 is 2.28 bits per heavy atom. The zero-order valence-electron chi connectivity index (χ0n) is 14.3. The lowest BCUT2D eigenvalue weighted by Gasteiger charge is -2.26. The molecular formula is C21H23N3O. The molecule has 0 unspecified atom stereocenters. The quantitative estimate of drug-likeness (QED) is 0.673. The van der Waals surface area contributed by atoms with Crippen LogP contribution in [0.5, 0.6) is 11.5 Å². The number of aromatic nitrogens is 2. The summed E-state index contributed by atoms with van der Waals surface area (Å²) in [5.74, 6) is 1.68. The minimum absolute atomic E-state index is 0.836. The molecule has 25 heavy (non-hydrogen) atoms. The zero-order chi connectivity index (χ0) is 16.9. The highest BCUT2D eigenvalue weighted by atomic mass is 16.5. The van der Waals surface area contributed by atoms with Gasteiger partial charge in [0.05, 0.1) is 12.4 Å². The number of para-hydroxylation sites is 1. The van der Waals surface area contributed by atoms with E-state index in [1.165, 1.54) is 32.4 Å². The third-order valence-electron chi connectivity index (χ3n) is 4.56. The molecule has 128 valence electrons. The van der Waals surface area contributed by atoms with E-state index in [2.05, 4.69) is 29.3 Å². The molecule has 0 saturated carbocycles. The van der Waals surface area contributed by atoms with Gasteiger partial charge in [-0.15, -0.1) is 0 Å². The SMILES string of the molecule is c1ccc(Oc2ccc(-c3ccn(CN4CCCCC4)n3)cc2)cc1. The Kier molecular flexibility index (Phi) is 4.79. The van der Waals surface area contributed by atoms with Crippen molar-refractivity contribution in [2.45, 2.75) is 25.9 Å². The highest BCUT2D eigenvalue weighted by molar-refractivity contribution is 5.59. The van der Waals surface area contributed by atoms with Crippen LogP contribution < -0.4 is 4.74 Å². The van der Waals surface area contributed by atoms with Crippen molar-refractivity contribution in [3.05, 3.63) is 66.9 Å². The van der Waals surface area contributed by atoms with Gasteiger partial charge in [-0.25, -0.2) is 0 Å². The third-order valence-corrected chi connectivity index (χ3v) is 4.56. The lowest BCUT2D eigenvalue weighted by Crippen LogP contribution is -2.31. The van der Waals surface area contributed by atoms with E-state index < -0.39 is 0 Å². The normalized spacial score (nSPS) is 15.2. The molecular weight excluding hydrogens is 310 g/mol. The summed E-state index contributed by atoms with van der Waals surface area (Å²) in [6.07, 6.45) is 6.03. The Morgan fingerprint density at radius 2 is 1.52 bits per heavy atom. The van der Waals surface area contributed by atoms with E-state index in [0.717, 1.165) is 29.4 Å². The fraction of sp³-hybridized carbons (Fsp3) is 0.286. The van der Waals surface area contributed by atoms with Gasteiger partial charge in [0.2, 0.25) is 0 Å². The second kappa shape index (κ2) is 7.53. The molecule has 1 aliphatic heterocycles. The summed E-state index contributed by atoms with van der Waals surface area (Å²) in [6, 6.07) is 20.0. The van der Waals surface area contributed by atoms with Crippen LogP contribution in [0.2, 0.25) is 0 Å². The molecule has 4 rings (SSSR count). The van der Waals surface area contributed by atoms with Crippen molar-refractivity contribution < 1.29 is 4.74 Å². The average Bonchev–Trinajstić information content (AvgIpc) is 3.12. The first-order valence-corrected chi connectivity index (χ1v) is 8.96. The molecule has 1 fully saturated rings. The molecule has 0 N–H and O–H groups in total. The number of ether oxygens (including phenoxy) is 1.